The number of nitrogens with one attached hydrogen (secondary N) is 2. The molecule has 0 bridgehead atoms. The number of rotatable bonds is 6. The molecule has 7 nitrogen and oxygen atoms in total. The minimum atomic E-state index is -0.373. The maximum Gasteiger partial charge on any atom is 0.329 e. The van der Waals surface area contributed by atoms with Crippen molar-refractivity contribution in [2.45, 2.75) is 33.9 Å². The molecule has 0 aliphatic carbocycles. The number of fused-ring (bicyclic) bond motifs is 1. The number of hydrogen-bond acceptors (Lipinski definition) is 3. The van der Waals surface area contributed by atoms with Crippen molar-refractivity contribution in [2.24, 2.45) is 0 Å². The van der Waals surface area contributed by atoms with E-state index in [1.807, 2.05) is 45.0 Å². The average Bonchev–Trinajstić information content (AvgIpc) is 2.93. The van der Waals surface area contributed by atoms with Crippen LogP contribution in [0.1, 0.15) is 20.8 Å². The molecular weight excluding hydrogens is 344 g/mol. The van der Waals surface area contributed by atoms with Crippen molar-refractivity contribution in [1.82, 2.24) is 9.13 Å². The number of carbonyl (C=O) groups is 1. The number of urea groups is 1. The first-order valence-corrected chi connectivity index (χ1v) is 9.11. The van der Waals surface area contributed by atoms with Gasteiger partial charge in [0.1, 0.15) is 5.75 Å². The van der Waals surface area contributed by atoms with Gasteiger partial charge in [-0.1, -0.05) is 12.1 Å². The molecule has 0 fully saturated rings. The fraction of sp³-hybridized carbons (Fsp3) is 0.300. The quantitative estimate of drug-likeness (QED) is 0.693. The summed E-state index contributed by atoms with van der Waals surface area (Å²) in [4.78, 5) is 24.8. The van der Waals surface area contributed by atoms with Gasteiger partial charge in [-0.3, -0.25) is 9.13 Å². The fourth-order valence-corrected chi connectivity index (χ4v) is 3.14. The van der Waals surface area contributed by atoms with Crippen LogP contribution in [0.3, 0.4) is 0 Å². The van der Waals surface area contributed by atoms with Crippen molar-refractivity contribution >= 4 is 28.4 Å². The zero-order valence-electron chi connectivity index (χ0n) is 15.8. The molecule has 0 unspecified atom stereocenters. The van der Waals surface area contributed by atoms with Gasteiger partial charge in [0.25, 0.3) is 0 Å². The van der Waals surface area contributed by atoms with Crippen LogP contribution in [-0.4, -0.2) is 21.8 Å². The monoisotopic (exact) mass is 368 g/mol. The Hall–Kier alpha value is -3.22. The number of nitrogens with zero attached hydrogens (tertiary/aromatic N) is 2. The number of benzene rings is 2. The van der Waals surface area contributed by atoms with E-state index in [4.69, 9.17) is 4.74 Å². The van der Waals surface area contributed by atoms with Gasteiger partial charge in [0.2, 0.25) is 0 Å². The lowest BCUT2D eigenvalue weighted by Gasteiger charge is -2.12. The molecule has 142 valence electrons. The van der Waals surface area contributed by atoms with Gasteiger partial charge in [-0.2, -0.15) is 0 Å². The Morgan fingerprint density at radius 3 is 2.37 bits per heavy atom. The van der Waals surface area contributed by atoms with Gasteiger partial charge in [0.15, 0.2) is 0 Å². The highest BCUT2D eigenvalue weighted by molar-refractivity contribution is 6.01. The average molecular weight is 368 g/mol. The van der Waals surface area contributed by atoms with Crippen LogP contribution in [0.2, 0.25) is 0 Å². The third-order valence-electron chi connectivity index (χ3n) is 4.34. The Kier molecular flexibility index (Phi) is 5.49. The highest BCUT2D eigenvalue weighted by atomic mass is 16.5. The number of para-hydroxylation sites is 2. The number of amides is 2. The second-order valence-corrected chi connectivity index (χ2v) is 5.98. The summed E-state index contributed by atoms with van der Waals surface area (Å²) in [5.41, 5.74) is 2.83. The number of aryl methyl sites for hydroxylation is 2. The minimum Gasteiger partial charge on any atom is -0.492 e. The van der Waals surface area contributed by atoms with Crippen LogP contribution in [0.4, 0.5) is 16.2 Å². The molecule has 3 aromatic rings. The summed E-state index contributed by atoms with van der Waals surface area (Å²) >= 11 is 0. The highest BCUT2D eigenvalue weighted by Gasteiger charge is 2.13. The third kappa shape index (κ3) is 3.67. The second kappa shape index (κ2) is 7.99. The number of anilines is 2. The van der Waals surface area contributed by atoms with Crippen LogP contribution in [0, 0.1) is 0 Å². The van der Waals surface area contributed by atoms with Crippen LogP contribution in [0.25, 0.3) is 11.0 Å². The topological polar surface area (TPSA) is 77.3 Å². The molecular formula is C20H24N4O3. The van der Waals surface area contributed by atoms with Crippen molar-refractivity contribution in [2.75, 3.05) is 17.2 Å². The predicted octanol–water partition coefficient (Wildman–Crippen LogP) is 3.89. The first-order chi connectivity index (χ1) is 13.1. The summed E-state index contributed by atoms with van der Waals surface area (Å²) in [5, 5.41) is 5.62. The molecule has 1 heterocycles. The number of aromatic nitrogens is 2. The largest absolute Gasteiger partial charge is 0.492 e. The van der Waals surface area contributed by atoms with E-state index < -0.39 is 0 Å². The first kappa shape index (κ1) is 18.6. The zero-order chi connectivity index (χ0) is 19.4. The van der Waals surface area contributed by atoms with E-state index in [2.05, 4.69) is 10.6 Å². The molecule has 0 spiro atoms. The Labute approximate surface area is 157 Å². The summed E-state index contributed by atoms with van der Waals surface area (Å²) in [5.74, 6) is 0.616. The molecule has 0 aliphatic heterocycles. The van der Waals surface area contributed by atoms with Gasteiger partial charge in [-0.25, -0.2) is 9.59 Å². The molecule has 2 N–H and O–H groups in total. The summed E-state index contributed by atoms with van der Waals surface area (Å²) in [6, 6.07) is 12.4. The van der Waals surface area contributed by atoms with Gasteiger partial charge in [-0.05, 0) is 51.1 Å². The van der Waals surface area contributed by atoms with Gasteiger partial charge in [-0.15, -0.1) is 0 Å². The van der Waals surface area contributed by atoms with Crippen molar-refractivity contribution in [3.63, 3.8) is 0 Å². The van der Waals surface area contributed by atoms with Gasteiger partial charge < -0.3 is 15.4 Å². The Balaban J connectivity index is 1.85. The summed E-state index contributed by atoms with van der Waals surface area (Å²) in [6.07, 6.45) is 0. The van der Waals surface area contributed by atoms with E-state index in [0.717, 1.165) is 11.0 Å². The van der Waals surface area contributed by atoms with Crippen molar-refractivity contribution in [1.29, 1.82) is 0 Å². The molecule has 1 aromatic heterocycles. The molecule has 0 atom stereocenters. The van der Waals surface area contributed by atoms with Crippen molar-refractivity contribution in [3.05, 3.63) is 52.9 Å². The SMILES string of the molecule is CCOc1ccccc1NC(=O)Nc1ccc2c(c1)n(CC)c(=O)n2CC. The zero-order valence-corrected chi connectivity index (χ0v) is 15.8. The second-order valence-electron chi connectivity index (χ2n) is 5.98. The van der Waals surface area contributed by atoms with Crippen LogP contribution in [0.5, 0.6) is 5.75 Å². The minimum absolute atomic E-state index is 0.0396. The van der Waals surface area contributed by atoms with Gasteiger partial charge in [0, 0.05) is 18.8 Å². The van der Waals surface area contributed by atoms with Crippen LogP contribution < -0.4 is 21.1 Å². The van der Waals surface area contributed by atoms with Crippen LogP contribution >= 0.6 is 0 Å². The first-order valence-electron chi connectivity index (χ1n) is 9.11. The third-order valence-corrected chi connectivity index (χ3v) is 4.34. The number of imidazole rings is 1. The maximum atomic E-state index is 12.4. The van der Waals surface area contributed by atoms with E-state index in [1.54, 1.807) is 27.3 Å². The van der Waals surface area contributed by atoms with Gasteiger partial charge in [0.05, 0.1) is 23.3 Å². The van der Waals surface area contributed by atoms with Crippen molar-refractivity contribution < 1.29 is 9.53 Å². The van der Waals surface area contributed by atoms with Gasteiger partial charge >= 0.3 is 11.7 Å². The summed E-state index contributed by atoms with van der Waals surface area (Å²) < 4.78 is 8.94. The molecule has 2 amide bonds. The summed E-state index contributed by atoms with van der Waals surface area (Å²) in [7, 11) is 0. The highest BCUT2D eigenvalue weighted by Crippen LogP contribution is 2.24. The molecule has 0 aliphatic rings. The lowest BCUT2D eigenvalue weighted by Crippen LogP contribution is -2.23. The Bertz CT molecular complexity index is 1020. The summed E-state index contributed by atoms with van der Waals surface area (Å²) in [6.45, 7) is 7.44. The molecule has 2 aromatic carbocycles. The van der Waals surface area contributed by atoms with E-state index in [1.165, 1.54) is 0 Å². The molecule has 3 rings (SSSR count). The maximum absolute atomic E-state index is 12.4. The predicted molar refractivity (Wildman–Crippen MR) is 108 cm³/mol. The van der Waals surface area contributed by atoms with E-state index >= 15 is 0 Å². The van der Waals surface area contributed by atoms with Crippen LogP contribution in [-0.2, 0) is 13.1 Å². The number of carbonyl (C=O) groups excluding carboxylic acids is 1. The fourth-order valence-electron chi connectivity index (χ4n) is 3.14. The molecule has 7 heteroatoms. The Morgan fingerprint density at radius 2 is 1.67 bits per heavy atom. The van der Waals surface area contributed by atoms with Crippen molar-refractivity contribution in [3.8, 4) is 5.75 Å². The molecule has 27 heavy (non-hydrogen) atoms. The van der Waals surface area contributed by atoms with E-state index in [-0.39, 0.29) is 11.7 Å². The number of ether oxygens (including phenoxy) is 1. The van der Waals surface area contributed by atoms with E-state index in [9.17, 15) is 9.59 Å². The van der Waals surface area contributed by atoms with E-state index in [0.29, 0.717) is 36.8 Å². The lowest BCUT2D eigenvalue weighted by atomic mass is 10.2. The lowest BCUT2D eigenvalue weighted by molar-refractivity contribution is 0.262. The molecule has 0 saturated heterocycles. The number of hydrogen-bond donors (Lipinski definition) is 2. The smallest absolute Gasteiger partial charge is 0.329 e. The normalized spacial score (nSPS) is 10.8. The molecule has 0 radical (unpaired) electrons. The Morgan fingerprint density at radius 1 is 0.963 bits per heavy atom. The molecule has 0 saturated carbocycles. The van der Waals surface area contributed by atoms with Crippen LogP contribution in [0.15, 0.2) is 47.3 Å². The standard InChI is InChI=1S/C20H24N4O3/c1-4-23-16-12-11-14(13-17(16)24(5-2)20(23)26)21-19(25)22-15-9-7-8-10-18(15)27-6-3/h7-13H,4-6H2,1-3H3,(H2,21,22,25).